The van der Waals surface area contributed by atoms with E-state index in [4.69, 9.17) is 14.2 Å². The van der Waals surface area contributed by atoms with E-state index >= 15 is 0 Å². The molecule has 6 heteroatoms. The quantitative estimate of drug-likeness (QED) is 0.919. The van der Waals surface area contributed by atoms with Crippen LogP contribution in [0.5, 0.6) is 11.5 Å². The second kappa shape index (κ2) is 6.54. The van der Waals surface area contributed by atoms with Gasteiger partial charge >= 0.3 is 0 Å². The highest BCUT2D eigenvalue weighted by Gasteiger charge is 2.33. The van der Waals surface area contributed by atoms with Gasteiger partial charge in [-0.1, -0.05) is 0 Å². The lowest BCUT2D eigenvalue weighted by Gasteiger charge is -2.34. The molecular weight excluding hydrogens is 286 g/mol. The first-order chi connectivity index (χ1) is 10.7. The first-order valence-electron chi connectivity index (χ1n) is 7.58. The Labute approximate surface area is 129 Å². The number of methoxy groups -OCH3 is 1. The van der Waals surface area contributed by atoms with E-state index in [0.717, 1.165) is 12.8 Å². The number of benzene rings is 1. The number of ether oxygens (including phenoxy) is 3. The summed E-state index contributed by atoms with van der Waals surface area (Å²) in [6, 6.07) is 4.73. The van der Waals surface area contributed by atoms with Crippen molar-refractivity contribution in [1.82, 2.24) is 4.90 Å². The van der Waals surface area contributed by atoms with Crippen LogP contribution in [0.15, 0.2) is 18.2 Å². The SMILES string of the molecule is COc1ccc(C(=O)N2CCCC(C3OCCO3)C2)c(O)c1. The van der Waals surface area contributed by atoms with Gasteiger partial charge in [-0.05, 0) is 25.0 Å². The number of phenolic OH excluding ortho intramolecular Hbond substituents is 1. The van der Waals surface area contributed by atoms with Crippen LogP contribution < -0.4 is 4.74 Å². The minimum absolute atomic E-state index is 0.0557. The van der Waals surface area contributed by atoms with Gasteiger partial charge in [-0.15, -0.1) is 0 Å². The molecule has 1 amide bonds. The number of carbonyl (C=O) groups is 1. The van der Waals surface area contributed by atoms with Gasteiger partial charge < -0.3 is 24.2 Å². The molecule has 2 aliphatic rings. The third kappa shape index (κ3) is 3.03. The lowest BCUT2D eigenvalue weighted by Crippen LogP contribution is -2.43. The highest BCUT2D eigenvalue weighted by molar-refractivity contribution is 5.97. The zero-order chi connectivity index (χ0) is 15.5. The summed E-state index contributed by atoms with van der Waals surface area (Å²) < 4.78 is 16.2. The summed E-state index contributed by atoms with van der Waals surface area (Å²) in [4.78, 5) is 14.4. The molecule has 2 heterocycles. The predicted octanol–water partition coefficient (Wildman–Crippen LogP) is 1.63. The van der Waals surface area contributed by atoms with E-state index in [1.807, 2.05) is 0 Å². The minimum atomic E-state index is -0.208. The number of amides is 1. The van der Waals surface area contributed by atoms with E-state index in [9.17, 15) is 9.90 Å². The molecule has 1 unspecified atom stereocenters. The third-order valence-corrected chi connectivity index (χ3v) is 4.21. The molecule has 1 aromatic rings. The van der Waals surface area contributed by atoms with Crippen LogP contribution in [-0.2, 0) is 9.47 Å². The van der Waals surface area contributed by atoms with E-state index in [2.05, 4.69) is 0 Å². The zero-order valence-electron chi connectivity index (χ0n) is 12.7. The lowest BCUT2D eigenvalue weighted by atomic mass is 9.96. The lowest BCUT2D eigenvalue weighted by molar-refractivity contribution is -0.0969. The number of rotatable bonds is 3. The van der Waals surface area contributed by atoms with Crippen molar-refractivity contribution < 1.29 is 24.1 Å². The molecule has 2 fully saturated rings. The first-order valence-corrected chi connectivity index (χ1v) is 7.58. The molecule has 1 aromatic carbocycles. The fourth-order valence-corrected chi connectivity index (χ4v) is 3.06. The number of likely N-dealkylation sites (tertiary alicyclic amines) is 1. The van der Waals surface area contributed by atoms with Gasteiger partial charge in [0.25, 0.3) is 5.91 Å². The minimum Gasteiger partial charge on any atom is -0.507 e. The van der Waals surface area contributed by atoms with Crippen molar-refractivity contribution >= 4 is 5.91 Å². The van der Waals surface area contributed by atoms with Crippen molar-refractivity contribution in [3.05, 3.63) is 23.8 Å². The Kier molecular flexibility index (Phi) is 4.49. The van der Waals surface area contributed by atoms with Crippen molar-refractivity contribution in [3.63, 3.8) is 0 Å². The molecule has 3 rings (SSSR count). The molecule has 0 spiro atoms. The van der Waals surface area contributed by atoms with Crippen molar-refractivity contribution in [3.8, 4) is 11.5 Å². The summed E-state index contributed by atoms with van der Waals surface area (Å²) in [7, 11) is 1.52. The highest BCUT2D eigenvalue weighted by atomic mass is 16.7. The van der Waals surface area contributed by atoms with Gasteiger partial charge in [0.1, 0.15) is 11.5 Å². The Bertz CT molecular complexity index is 541. The molecule has 0 aliphatic carbocycles. The van der Waals surface area contributed by atoms with Gasteiger partial charge in [-0.25, -0.2) is 0 Å². The zero-order valence-corrected chi connectivity index (χ0v) is 12.7. The van der Waals surface area contributed by atoms with Crippen molar-refractivity contribution in [2.45, 2.75) is 19.1 Å². The highest BCUT2D eigenvalue weighted by Crippen LogP contribution is 2.29. The molecule has 0 radical (unpaired) electrons. The topological polar surface area (TPSA) is 68.2 Å². The van der Waals surface area contributed by atoms with Crippen molar-refractivity contribution in [1.29, 1.82) is 0 Å². The van der Waals surface area contributed by atoms with E-state index in [0.29, 0.717) is 37.6 Å². The number of hydrogen-bond donors (Lipinski definition) is 1. The van der Waals surface area contributed by atoms with Gasteiger partial charge in [0.15, 0.2) is 6.29 Å². The standard InChI is InChI=1S/C16H21NO5/c1-20-12-4-5-13(14(18)9-12)15(19)17-6-2-3-11(10-17)16-21-7-8-22-16/h4-5,9,11,16,18H,2-3,6-8,10H2,1H3. The largest absolute Gasteiger partial charge is 0.507 e. The molecule has 2 saturated heterocycles. The fourth-order valence-electron chi connectivity index (χ4n) is 3.06. The van der Waals surface area contributed by atoms with Crippen LogP contribution in [0, 0.1) is 5.92 Å². The number of phenols is 1. The average Bonchev–Trinajstić information content (AvgIpc) is 3.09. The maximum atomic E-state index is 12.6. The number of aromatic hydroxyl groups is 1. The summed E-state index contributed by atoms with van der Waals surface area (Å²) in [6.45, 7) is 2.52. The molecule has 2 aliphatic heterocycles. The number of piperidine rings is 1. The second-order valence-electron chi connectivity index (χ2n) is 5.65. The molecule has 0 aromatic heterocycles. The predicted molar refractivity (Wildman–Crippen MR) is 79.0 cm³/mol. The maximum absolute atomic E-state index is 12.6. The second-order valence-corrected chi connectivity index (χ2v) is 5.65. The summed E-state index contributed by atoms with van der Waals surface area (Å²) in [5, 5.41) is 10.0. The Morgan fingerprint density at radius 2 is 2.14 bits per heavy atom. The van der Waals surface area contributed by atoms with E-state index in [-0.39, 0.29) is 23.9 Å². The Hall–Kier alpha value is -1.79. The van der Waals surface area contributed by atoms with Crippen molar-refractivity contribution in [2.24, 2.45) is 5.92 Å². The molecule has 22 heavy (non-hydrogen) atoms. The molecular formula is C16H21NO5. The molecule has 0 bridgehead atoms. The molecule has 6 nitrogen and oxygen atoms in total. The summed E-state index contributed by atoms with van der Waals surface area (Å²) in [5.41, 5.74) is 0.301. The molecule has 0 saturated carbocycles. The molecule has 120 valence electrons. The van der Waals surface area contributed by atoms with E-state index < -0.39 is 0 Å². The molecule has 1 atom stereocenters. The van der Waals surface area contributed by atoms with Crippen LogP contribution in [-0.4, -0.2) is 55.6 Å². The summed E-state index contributed by atoms with van der Waals surface area (Å²) in [5.74, 6) is 0.501. The van der Waals surface area contributed by atoms with Gasteiger partial charge in [-0.3, -0.25) is 4.79 Å². The third-order valence-electron chi connectivity index (χ3n) is 4.21. The summed E-state index contributed by atoms with van der Waals surface area (Å²) >= 11 is 0. The van der Waals surface area contributed by atoms with E-state index in [1.54, 1.807) is 17.0 Å². The van der Waals surface area contributed by atoms with Crippen LogP contribution in [0.4, 0.5) is 0 Å². The average molecular weight is 307 g/mol. The van der Waals surface area contributed by atoms with Crippen molar-refractivity contribution in [2.75, 3.05) is 33.4 Å². The smallest absolute Gasteiger partial charge is 0.257 e. The van der Waals surface area contributed by atoms with E-state index in [1.165, 1.54) is 13.2 Å². The van der Waals surface area contributed by atoms with Gasteiger partial charge in [0.2, 0.25) is 0 Å². The Morgan fingerprint density at radius 1 is 1.36 bits per heavy atom. The number of carbonyl (C=O) groups excluding carboxylic acids is 1. The van der Waals surface area contributed by atoms with Crippen LogP contribution in [0.3, 0.4) is 0 Å². The monoisotopic (exact) mass is 307 g/mol. The van der Waals surface area contributed by atoms with Gasteiger partial charge in [-0.2, -0.15) is 0 Å². The Morgan fingerprint density at radius 3 is 2.82 bits per heavy atom. The van der Waals surface area contributed by atoms with Gasteiger partial charge in [0, 0.05) is 25.1 Å². The van der Waals surface area contributed by atoms with Crippen LogP contribution >= 0.6 is 0 Å². The number of nitrogens with zero attached hydrogens (tertiary/aromatic N) is 1. The van der Waals surface area contributed by atoms with Crippen LogP contribution in [0.1, 0.15) is 23.2 Å². The fraction of sp³-hybridized carbons (Fsp3) is 0.562. The van der Waals surface area contributed by atoms with Crippen LogP contribution in [0.25, 0.3) is 0 Å². The number of hydrogen-bond acceptors (Lipinski definition) is 5. The first kappa shape index (κ1) is 15.1. The molecule has 1 N–H and O–H groups in total. The Balaban J connectivity index is 1.71. The summed E-state index contributed by atoms with van der Waals surface area (Å²) in [6.07, 6.45) is 1.69. The maximum Gasteiger partial charge on any atom is 0.257 e. The normalized spacial score (nSPS) is 22.8. The van der Waals surface area contributed by atoms with Gasteiger partial charge in [0.05, 0.1) is 25.9 Å². The van der Waals surface area contributed by atoms with Crippen LogP contribution in [0.2, 0.25) is 0 Å².